The predicted octanol–water partition coefficient (Wildman–Crippen LogP) is 5.43. The van der Waals surface area contributed by atoms with Crippen LogP contribution in [0.25, 0.3) is 16.9 Å². The summed E-state index contributed by atoms with van der Waals surface area (Å²) in [6.07, 6.45) is 0. The van der Waals surface area contributed by atoms with Gasteiger partial charge in [-0.05, 0) is 66.2 Å². The van der Waals surface area contributed by atoms with Crippen LogP contribution < -0.4 is 4.74 Å². The van der Waals surface area contributed by atoms with Crippen molar-refractivity contribution in [1.82, 2.24) is 4.57 Å². The molecule has 0 spiro atoms. The number of hydrogen-bond donors (Lipinski definition) is 2. The average molecular weight is 489 g/mol. The van der Waals surface area contributed by atoms with Crippen molar-refractivity contribution >= 4 is 22.6 Å². The fourth-order valence-electron chi connectivity index (χ4n) is 4.04. The van der Waals surface area contributed by atoms with E-state index in [1.807, 2.05) is 12.1 Å². The summed E-state index contributed by atoms with van der Waals surface area (Å²) < 4.78 is 20.3. The van der Waals surface area contributed by atoms with Crippen molar-refractivity contribution in [2.75, 3.05) is 19.4 Å². The maximum Gasteiger partial charge on any atom is 0.240 e. The Bertz CT molecular complexity index is 1430. The van der Waals surface area contributed by atoms with Crippen molar-refractivity contribution in [2.45, 2.75) is 0 Å². The molecule has 4 aromatic rings. The van der Waals surface area contributed by atoms with E-state index in [1.165, 1.54) is 35.9 Å². The third-order valence-corrected chi connectivity index (χ3v) is 6.80. The molecule has 0 unspecified atom stereocenters. The molecular formula is C27H21FN2O4S. The smallest absolute Gasteiger partial charge is 0.240 e. The Balaban J connectivity index is 1.68. The molecule has 3 aromatic carbocycles. The van der Waals surface area contributed by atoms with Crippen molar-refractivity contribution < 1.29 is 24.1 Å². The summed E-state index contributed by atoms with van der Waals surface area (Å²) in [6.45, 7) is 0.777. The number of carbonyl (C=O) groups is 1. The molecule has 1 aliphatic heterocycles. The summed E-state index contributed by atoms with van der Waals surface area (Å²) >= 11 is 1.68. The second-order valence-electron chi connectivity index (χ2n) is 7.88. The van der Waals surface area contributed by atoms with E-state index in [9.17, 15) is 19.4 Å². The largest absolute Gasteiger partial charge is 0.503 e. The van der Waals surface area contributed by atoms with Crippen LogP contribution in [0.3, 0.4) is 0 Å². The number of methoxy groups -OCH3 is 1. The summed E-state index contributed by atoms with van der Waals surface area (Å²) in [6, 6.07) is 19.3. The van der Waals surface area contributed by atoms with Crippen LogP contribution in [-0.4, -0.2) is 45.0 Å². The molecule has 0 bridgehead atoms. The second-order valence-corrected chi connectivity index (χ2v) is 8.96. The van der Waals surface area contributed by atoms with E-state index in [1.54, 1.807) is 48.2 Å². The van der Waals surface area contributed by atoms with Crippen LogP contribution >= 0.6 is 11.8 Å². The molecule has 0 fully saturated rings. The lowest BCUT2D eigenvalue weighted by molar-refractivity contribution is 0.103. The zero-order chi connectivity index (χ0) is 24.5. The Hall–Kier alpha value is -4.04. The number of nitrogens with zero attached hydrogens (tertiary/aromatic N) is 2. The average Bonchev–Trinajstić information content (AvgIpc) is 3.52. The highest BCUT2D eigenvalue weighted by Crippen LogP contribution is 2.44. The zero-order valence-corrected chi connectivity index (χ0v) is 19.6. The van der Waals surface area contributed by atoms with Gasteiger partial charge in [-0.15, -0.1) is 11.8 Å². The first-order valence-electron chi connectivity index (χ1n) is 10.9. The Kier molecular flexibility index (Phi) is 6.05. The van der Waals surface area contributed by atoms with Gasteiger partial charge in [-0.25, -0.2) is 4.39 Å². The van der Waals surface area contributed by atoms with Gasteiger partial charge < -0.3 is 14.9 Å². The molecule has 35 heavy (non-hydrogen) atoms. The molecule has 176 valence electrons. The topological polar surface area (TPSA) is 84.0 Å². The van der Waals surface area contributed by atoms with E-state index in [0.29, 0.717) is 22.6 Å². The number of rotatable bonds is 6. The number of ether oxygens (including phenoxy) is 1. The highest BCUT2D eigenvalue weighted by Gasteiger charge is 2.30. The number of aliphatic imine (C=N–C) groups is 1. The molecule has 2 heterocycles. The lowest BCUT2D eigenvalue weighted by atomic mass is 9.99. The number of halogens is 1. The van der Waals surface area contributed by atoms with Gasteiger partial charge in [0.25, 0.3) is 0 Å². The summed E-state index contributed by atoms with van der Waals surface area (Å²) in [4.78, 5) is 18.0. The van der Waals surface area contributed by atoms with E-state index in [-0.39, 0.29) is 11.3 Å². The lowest BCUT2D eigenvalue weighted by Crippen LogP contribution is -2.05. The maximum absolute atomic E-state index is 13.7. The van der Waals surface area contributed by atoms with Crippen LogP contribution in [0.4, 0.5) is 4.39 Å². The molecule has 0 saturated carbocycles. The molecule has 6 nitrogen and oxygen atoms in total. The predicted molar refractivity (Wildman–Crippen MR) is 135 cm³/mol. The van der Waals surface area contributed by atoms with Gasteiger partial charge in [-0.2, -0.15) is 0 Å². The third-order valence-electron chi connectivity index (χ3n) is 5.78. The number of hydrogen-bond acceptors (Lipinski definition) is 6. The van der Waals surface area contributed by atoms with Crippen molar-refractivity contribution in [3.8, 4) is 34.3 Å². The fourth-order valence-corrected chi connectivity index (χ4v) is 4.91. The van der Waals surface area contributed by atoms with Gasteiger partial charge in [-0.3, -0.25) is 14.4 Å². The fraction of sp³-hybridized carbons (Fsp3) is 0.111. The summed E-state index contributed by atoms with van der Waals surface area (Å²) in [5.74, 6) is -0.453. The molecule has 1 aromatic heterocycles. The van der Waals surface area contributed by atoms with E-state index < -0.39 is 23.2 Å². The number of thioether (sulfide) groups is 1. The van der Waals surface area contributed by atoms with Gasteiger partial charge in [0.2, 0.25) is 5.88 Å². The number of carbonyl (C=O) groups excluding carboxylic acids is 1. The Labute approximate surface area is 205 Å². The highest BCUT2D eigenvalue weighted by molar-refractivity contribution is 8.14. The van der Waals surface area contributed by atoms with Crippen molar-refractivity contribution in [1.29, 1.82) is 0 Å². The third kappa shape index (κ3) is 4.17. The molecule has 0 atom stereocenters. The van der Waals surface area contributed by atoms with E-state index in [4.69, 9.17) is 4.74 Å². The quantitative estimate of drug-likeness (QED) is 0.354. The van der Waals surface area contributed by atoms with Crippen molar-refractivity contribution in [3.05, 3.63) is 95.3 Å². The summed E-state index contributed by atoms with van der Waals surface area (Å²) in [5.41, 5.74) is 2.40. The van der Waals surface area contributed by atoms with Gasteiger partial charge in [-0.1, -0.05) is 12.1 Å². The van der Waals surface area contributed by atoms with Gasteiger partial charge in [0.15, 0.2) is 11.5 Å². The minimum atomic E-state index is -0.551. The molecule has 1 aliphatic rings. The lowest BCUT2D eigenvalue weighted by Gasteiger charge is -2.13. The normalized spacial score (nSPS) is 13.0. The molecule has 2 N–H and O–H groups in total. The molecule has 0 aliphatic carbocycles. The van der Waals surface area contributed by atoms with Gasteiger partial charge in [0.1, 0.15) is 11.6 Å². The van der Waals surface area contributed by atoms with Gasteiger partial charge in [0, 0.05) is 29.1 Å². The Morgan fingerprint density at radius 2 is 1.63 bits per heavy atom. The SMILES string of the molecule is COc1ccc(C(=O)c2c(O)c(O)n(-c3ccc(C4=NCCS4)cc3)c2-c2ccc(F)cc2)cc1. The summed E-state index contributed by atoms with van der Waals surface area (Å²) in [5, 5.41) is 22.8. The first kappa shape index (κ1) is 22.7. The zero-order valence-electron chi connectivity index (χ0n) is 18.7. The second kappa shape index (κ2) is 9.31. The van der Waals surface area contributed by atoms with Crippen LogP contribution in [0.5, 0.6) is 17.4 Å². The number of aromatic nitrogens is 1. The van der Waals surface area contributed by atoms with Crippen LogP contribution in [0.1, 0.15) is 21.5 Å². The number of ketones is 1. The highest BCUT2D eigenvalue weighted by atomic mass is 32.2. The van der Waals surface area contributed by atoms with E-state index >= 15 is 0 Å². The van der Waals surface area contributed by atoms with E-state index in [0.717, 1.165) is 22.9 Å². The van der Waals surface area contributed by atoms with Crippen LogP contribution in [0.15, 0.2) is 77.8 Å². The molecule has 0 radical (unpaired) electrons. The van der Waals surface area contributed by atoms with Crippen molar-refractivity contribution in [3.63, 3.8) is 0 Å². The molecule has 0 amide bonds. The number of benzene rings is 3. The van der Waals surface area contributed by atoms with Crippen molar-refractivity contribution in [2.24, 2.45) is 4.99 Å². The first-order valence-corrected chi connectivity index (χ1v) is 11.9. The summed E-state index contributed by atoms with van der Waals surface area (Å²) in [7, 11) is 1.52. The van der Waals surface area contributed by atoms with Gasteiger partial charge >= 0.3 is 0 Å². The van der Waals surface area contributed by atoms with Crippen LogP contribution in [0.2, 0.25) is 0 Å². The number of aromatic hydroxyl groups is 2. The molecular weight excluding hydrogens is 467 g/mol. The minimum Gasteiger partial charge on any atom is -0.503 e. The van der Waals surface area contributed by atoms with Gasteiger partial charge in [0.05, 0.1) is 23.4 Å². The Morgan fingerprint density at radius 3 is 2.23 bits per heavy atom. The molecule has 5 rings (SSSR count). The van der Waals surface area contributed by atoms with Crippen LogP contribution in [-0.2, 0) is 0 Å². The maximum atomic E-state index is 13.7. The first-order chi connectivity index (χ1) is 17.0. The monoisotopic (exact) mass is 488 g/mol. The Morgan fingerprint density at radius 1 is 0.971 bits per heavy atom. The van der Waals surface area contributed by atoms with E-state index in [2.05, 4.69) is 4.99 Å². The molecule has 8 heteroatoms. The minimum absolute atomic E-state index is 0.0842. The van der Waals surface area contributed by atoms with Crippen LogP contribution in [0, 0.1) is 5.82 Å². The molecule has 0 saturated heterocycles. The standard InChI is InChI=1S/C27H21FN2O4S/c1-34-21-12-6-17(7-13-21)24(31)22-23(16-2-8-19(28)9-3-16)30(27(33)25(22)32)20-10-4-18(5-11-20)26-29-14-15-35-26/h2-13,32-33H,14-15H2,1H3.